The van der Waals surface area contributed by atoms with Gasteiger partial charge in [0.2, 0.25) is 0 Å². The molecular formula is C22H22N2O2. The zero-order chi connectivity index (χ0) is 18.4. The normalized spacial score (nSPS) is 10.2. The Kier molecular flexibility index (Phi) is 5.54. The maximum atomic E-state index is 12.5. The highest BCUT2D eigenvalue weighted by molar-refractivity contribution is 6.06. The molecule has 4 nitrogen and oxygen atoms in total. The van der Waals surface area contributed by atoms with Crippen LogP contribution < -0.4 is 15.0 Å². The number of para-hydroxylation sites is 1. The molecule has 0 fully saturated rings. The van der Waals surface area contributed by atoms with Crippen LogP contribution in [-0.4, -0.2) is 20.1 Å². The van der Waals surface area contributed by atoms with Gasteiger partial charge in [0, 0.05) is 25.0 Å². The molecule has 0 radical (unpaired) electrons. The molecule has 0 aliphatic rings. The third-order valence-corrected chi connectivity index (χ3v) is 4.18. The van der Waals surface area contributed by atoms with Crippen molar-refractivity contribution < 1.29 is 9.53 Å². The summed E-state index contributed by atoms with van der Waals surface area (Å²) in [6, 6.07) is 25.3. The van der Waals surface area contributed by atoms with Gasteiger partial charge in [-0.15, -0.1) is 0 Å². The Morgan fingerprint density at radius 2 is 1.58 bits per heavy atom. The number of nitrogens with one attached hydrogen (secondary N) is 1. The number of carbonyl (C=O) groups is 1. The maximum Gasteiger partial charge on any atom is 0.259 e. The molecule has 0 bridgehead atoms. The van der Waals surface area contributed by atoms with Gasteiger partial charge in [0.1, 0.15) is 5.75 Å². The molecule has 0 atom stereocenters. The van der Waals surface area contributed by atoms with Crippen LogP contribution in [0.2, 0.25) is 0 Å². The summed E-state index contributed by atoms with van der Waals surface area (Å²) in [7, 11) is 3.61. The lowest BCUT2D eigenvalue weighted by molar-refractivity contribution is 0.102. The Balaban J connectivity index is 1.66. The van der Waals surface area contributed by atoms with Gasteiger partial charge in [-0.1, -0.05) is 42.5 Å². The lowest BCUT2D eigenvalue weighted by Gasteiger charge is -2.20. The molecule has 1 amide bonds. The van der Waals surface area contributed by atoms with E-state index in [4.69, 9.17) is 4.74 Å². The van der Waals surface area contributed by atoms with Crippen LogP contribution in [0, 0.1) is 0 Å². The molecule has 0 spiro atoms. The van der Waals surface area contributed by atoms with Crippen LogP contribution >= 0.6 is 0 Å². The van der Waals surface area contributed by atoms with Crippen LogP contribution in [0.3, 0.4) is 0 Å². The zero-order valence-electron chi connectivity index (χ0n) is 15.0. The average Bonchev–Trinajstić information content (AvgIpc) is 2.69. The second-order valence-electron chi connectivity index (χ2n) is 6.04. The highest BCUT2D eigenvalue weighted by Gasteiger charge is 2.11. The fourth-order valence-electron chi connectivity index (χ4n) is 2.78. The standard InChI is InChI=1S/C22H22N2O2/c1-24(16-17-8-4-3-5-9-17)19-14-12-18(13-15-19)23-22(25)20-10-6-7-11-21(20)26-2/h3-15H,16H2,1-2H3,(H,23,25). The molecule has 3 aromatic carbocycles. The van der Waals surface area contributed by atoms with E-state index in [1.807, 2.05) is 54.6 Å². The SMILES string of the molecule is COc1ccccc1C(=O)Nc1ccc(N(C)Cc2ccccc2)cc1. The molecule has 0 saturated carbocycles. The molecule has 0 saturated heterocycles. The quantitative estimate of drug-likeness (QED) is 0.710. The van der Waals surface area contributed by atoms with Gasteiger partial charge in [0.05, 0.1) is 12.7 Å². The topological polar surface area (TPSA) is 41.6 Å². The summed E-state index contributed by atoms with van der Waals surface area (Å²) in [5.74, 6) is 0.372. The fourth-order valence-corrected chi connectivity index (χ4v) is 2.78. The Labute approximate surface area is 154 Å². The van der Waals surface area contributed by atoms with Crippen molar-refractivity contribution in [2.24, 2.45) is 0 Å². The molecule has 0 aliphatic heterocycles. The summed E-state index contributed by atoms with van der Waals surface area (Å²) in [4.78, 5) is 14.6. The number of hydrogen-bond acceptors (Lipinski definition) is 3. The predicted molar refractivity (Wildman–Crippen MR) is 106 cm³/mol. The van der Waals surface area contributed by atoms with E-state index in [0.29, 0.717) is 11.3 Å². The molecular weight excluding hydrogens is 324 g/mol. The minimum absolute atomic E-state index is 0.187. The van der Waals surface area contributed by atoms with Gasteiger partial charge in [0.25, 0.3) is 5.91 Å². The van der Waals surface area contributed by atoms with Crippen LogP contribution in [0.25, 0.3) is 0 Å². The zero-order valence-corrected chi connectivity index (χ0v) is 15.0. The predicted octanol–water partition coefficient (Wildman–Crippen LogP) is 4.58. The summed E-state index contributed by atoms with van der Waals surface area (Å²) in [5.41, 5.74) is 3.60. The minimum atomic E-state index is -0.187. The fraction of sp³-hybridized carbons (Fsp3) is 0.136. The number of anilines is 2. The van der Waals surface area contributed by atoms with Crippen molar-refractivity contribution in [2.45, 2.75) is 6.54 Å². The number of nitrogens with zero attached hydrogens (tertiary/aromatic N) is 1. The lowest BCUT2D eigenvalue weighted by Crippen LogP contribution is -2.16. The van der Waals surface area contributed by atoms with Gasteiger partial charge in [0.15, 0.2) is 0 Å². The van der Waals surface area contributed by atoms with E-state index in [0.717, 1.165) is 17.9 Å². The Morgan fingerprint density at radius 3 is 2.27 bits per heavy atom. The summed E-state index contributed by atoms with van der Waals surface area (Å²) >= 11 is 0. The first-order valence-corrected chi connectivity index (χ1v) is 8.47. The first-order chi connectivity index (χ1) is 12.7. The van der Waals surface area contributed by atoms with E-state index in [1.54, 1.807) is 19.2 Å². The van der Waals surface area contributed by atoms with Gasteiger partial charge < -0.3 is 15.0 Å². The van der Waals surface area contributed by atoms with E-state index < -0.39 is 0 Å². The van der Waals surface area contributed by atoms with E-state index in [9.17, 15) is 4.79 Å². The summed E-state index contributed by atoms with van der Waals surface area (Å²) in [5, 5.41) is 2.91. The smallest absolute Gasteiger partial charge is 0.259 e. The highest BCUT2D eigenvalue weighted by Crippen LogP contribution is 2.21. The average molecular weight is 346 g/mol. The van der Waals surface area contributed by atoms with Crippen molar-refractivity contribution in [1.29, 1.82) is 0 Å². The number of amides is 1. The Hall–Kier alpha value is -3.27. The number of hydrogen-bond donors (Lipinski definition) is 1. The summed E-state index contributed by atoms with van der Waals surface area (Å²) in [6.07, 6.45) is 0. The summed E-state index contributed by atoms with van der Waals surface area (Å²) in [6.45, 7) is 0.827. The van der Waals surface area contributed by atoms with E-state index in [2.05, 4.69) is 29.4 Å². The minimum Gasteiger partial charge on any atom is -0.496 e. The maximum absolute atomic E-state index is 12.5. The molecule has 26 heavy (non-hydrogen) atoms. The van der Waals surface area contributed by atoms with E-state index >= 15 is 0 Å². The molecule has 0 aliphatic carbocycles. The number of ether oxygens (including phenoxy) is 1. The third-order valence-electron chi connectivity index (χ3n) is 4.18. The molecule has 0 unspecified atom stereocenters. The van der Waals surface area contributed by atoms with Crippen LogP contribution in [0.4, 0.5) is 11.4 Å². The van der Waals surface area contributed by atoms with Crippen molar-refractivity contribution >= 4 is 17.3 Å². The Bertz CT molecular complexity index is 861. The van der Waals surface area contributed by atoms with Crippen molar-refractivity contribution in [3.05, 3.63) is 90.0 Å². The second-order valence-corrected chi connectivity index (χ2v) is 6.04. The highest BCUT2D eigenvalue weighted by atomic mass is 16.5. The first-order valence-electron chi connectivity index (χ1n) is 8.47. The van der Waals surface area contributed by atoms with Gasteiger partial charge >= 0.3 is 0 Å². The molecule has 3 rings (SSSR count). The molecule has 3 aromatic rings. The van der Waals surface area contributed by atoms with E-state index in [1.165, 1.54) is 5.56 Å². The molecule has 1 N–H and O–H groups in total. The van der Waals surface area contributed by atoms with Gasteiger partial charge in [-0.25, -0.2) is 0 Å². The van der Waals surface area contributed by atoms with Crippen molar-refractivity contribution in [1.82, 2.24) is 0 Å². The molecule has 0 heterocycles. The van der Waals surface area contributed by atoms with Gasteiger partial charge in [-0.3, -0.25) is 4.79 Å². The van der Waals surface area contributed by atoms with E-state index in [-0.39, 0.29) is 5.91 Å². The number of carbonyl (C=O) groups excluding carboxylic acids is 1. The van der Waals surface area contributed by atoms with Crippen LogP contribution in [0.15, 0.2) is 78.9 Å². The van der Waals surface area contributed by atoms with Crippen molar-refractivity contribution in [3.63, 3.8) is 0 Å². The van der Waals surface area contributed by atoms with Gasteiger partial charge in [-0.2, -0.15) is 0 Å². The molecule has 0 aromatic heterocycles. The second kappa shape index (κ2) is 8.21. The van der Waals surface area contributed by atoms with Gasteiger partial charge in [-0.05, 0) is 42.0 Å². The lowest BCUT2D eigenvalue weighted by atomic mass is 10.1. The number of benzene rings is 3. The number of methoxy groups -OCH3 is 1. The van der Waals surface area contributed by atoms with Crippen LogP contribution in [0.5, 0.6) is 5.75 Å². The van der Waals surface area contributed by atoms with Crippen LogP contribution in [0.1, 0.15) is 15.9 Å². The van der Waals surface area contributed by atoms with Crippen LogP contribution in [-0.2, 0) is 6.54 Å². The molecule has 132 valence electrons. The van der Waals surface area contributed by atoms with Crippen molar-refractivity contribution in [3.8, 4) is 5.75 Å². The monoisotopic (exact) mass is 346 g/mol. The molecule has 4 heteroatoms. The largest absolute Gasteiger partial charge is 0.496 e. The number of rotatable bonds is 6. The first kappa shape index (κ1) is 17.5. The van der Waals surface area contributed by atoms with Crippen molar-refractivity contribution in [2.75, 3.05) is 24.4 Å². The Morgan fingerprint density at radius 1 is 0.923 bits per heavy atom. The third kappa shape index (κ3) is 4.22. The summed E-state index contributed by atoms with van der Waals surface area (Å²) < 4.78 is 5.24.